The van der Waals surface area contributed by atoms with Gasteiger partial charge in [-0.1, -0.05) is 0 Å². The van der Waals surface area contributed by atoms with Gasteiger partial charge in [-0.15, -0.1) is 0 Å². The number of alkyl halides is 21. The van der Waals surface area contributed by atoms with Crippen molar-refractivity contribution in [2.24, 2.45) is 0 Å². The highest BCUT2D eigenvalue weighted by Gasteiger charge is 2.99. The fourth-order valence-electron chi connectivity index (χ4n) is 3.00. The van der Waals surface area contributed by atoms with Crippen LogP contribution < -0.4 is 0 Å². The maximum absolute atomic E-state index is 14.8. The van der Waals surface area contributed by atoms with Gasteiger partial charge in [0.1, 0.15) is 0 Å². The van der Waals surface area contributed by atoms with E-state index in [9.17, 15) is 92.2 Å². The van der Waals surface area contributed by atoms with Gasteiger partial charge in [0, 0.05) is 19.8 Å². The van der Waals surface area contributed by atoms with E-state index in [2.05, 4.69) is 13.3 Å². The van der Waals surface area contributed by atoms with E-state index >= 15 is 0 Å². The molecule has 0 aromatic rings. The maximum Gasteiger partial charge on any atom is 0.582 e. The Morgan fingerprint density at radius 3 is 0.837 bits per heavy atom. The second kappa shape index (κ2) is 11.8. The predicted octanol–water partition coefficient (Wildman–Crippen LogP) is 8.29. The number of hydrogen-bond donors (Lipinski definition) is 0. The molecule has 1 unspecified atom stereocenters. The molecule has 3 nitrogen and oxygen atoms in total. The summed E-state index contributed by atoms with van der Waals surface area (Å²) in [7, 11) is -6.89. The van der Waals surface area contributed by atoms with Gasteiger partial charge in [0.2, 0.25) is 0 Å². The van der Waals surface area contributed by atoms with Crippen molar-refractivity contribution < 1.29 is 105 Å². The van der Waals surface area contributed by atoms with Crippen molar-refractivity contribution in [1.82, 2.24) is 0 Å². The highest BCUT2D eigenvalue weighted by atomic mass is 28.4. The first-order chi connectivity index (χ1) is 18.6. The van der Waals surface area contributed by atoms with Crippen molar-refractivity contribution in [3.8, 4) is 0 Å². The molecule has 0 aliphatic carbocycles. The molecule has 0 rings (SSSR count). The van der Waals surface area contributed by atoms with Gasteiger partial charge in [-0.05, 0) is 27.7 Å². The van der Waals surface area contributed by atoms with Crippen molar-refractivity contribution in [2.45, 2.75) is 92.7 Å². The summed E-state index contributed by atoms with van der Waals surface area (Å²) in [5, 5.41) is 0. The number of hydrogen-bond acceptors (Lipinski definition) is 3. The van der Waals surface area contributed by atoms with Gasteiger partial charge >= 0.3 is 67.7 Å². The van der Waals surface area contributed by atoms with Crippen molar-refractivity contribution >= 4 is 8.80 Å². The van der Waals surface area contributed by atoms with E-state index in [4.69, 9.17) is 0 Å². The second-order valence-corrected chi connectivity index (χ2v) is 10.9. The lowest BCUT2D eigenvalue weighted by Crippen LogP contribution is -2.79. The van der Waals surface area contributed by atoms with E-state index in [0.29, 0.717) is 20.8 Å². The summed E-state index contributed by atoms with van der Waals surface area (Å²) in [5.74, 6) is -77.7. The van der Waals surface area contributed by atoms with Crippen LogP contribution in [0.1, 0.15) is 27.7 Å². The molecule has 0 aromatic carbocycles. The van der Waals surface area contributed by atoms with Gasteiger partial charge in [0.05, 0.1) is 0 Å². The molecule has 0 amide bonds. The molecular weight excluding hydrogens is 691 g/mol. The van der Waals surface area contributed by atoms with Gasteiger partial charge in [-0.2, -0.15) is 87.8 Å². The monoisotopic (exact) mass is 710 g/mol. The molecule has 0 saturated carbocycles. The van der Waals surface area contributed by atoms with Crippen LogP contribution in [-0.2, 0) is 13.3 Å². The molecule has 25 heteroatoms. The highest BCUT2D eigenvalue weighted by molar-refractivity contribution is 6.63. The van der Waals surface area contributed by atoms with Crippen LogP contribution in [-0.4, -0.2) is 93.6 Å². The van der Waals surface area contributed by atoms with E-state index in [0.717, 1.165) is 0 Å². The predicted molar refractivity (Wildman–Crippen MR) is 101 cm³/mol. The van der Waals surface area contributed by atoms with Crippen LogP contribution in [0.4, 0.5) is 92.2 Å². The van der Waals surface area contributed by atoms with Crippen LogP contribution in [0.3, 0.4) is 0 Å². The molecule has 0 aliphatic heterocycles. The van der Waals surface area contributed by atoms with E-state index in [-0.39, 0.29) is 0 Å². The molecule has 0 heterocycles. The number of halogens is 21. The molecule has 260 valence electrons. The normalized spacial score (nSPS) is 17.0. The minimum absolute atomic E-state index is 0.640. The Hall–Kier alpha value is -1.37. The molecular formula is C18H19F21O3Si. The molecule has 0 aromatic heterocycles. The summed E-state index contributed by atoms with van der Waals surface area (Å²) in [6, 6.07) is 0. The Bertz CT molecular complexity index is 935. The van der Waals surface area contributed by atoms with Crippen LogP contribution in [0.2, 0.25) is 0 Å². The summed E-state index contributed by atoms with van der Waals surface area (Å²) in [4.78, 5) is 0. The lowest BCUT2D eigenvalue weighted by Gasteiger charge is -2.46. The van der Waals surface area contributed by atoms with Gasteiger partial charge in [0.15, 0.2) is 6.17 Å². The topological polar surface area (TPSA) is 27.7 Å². The minimum Gasteiger partial charge on any atom is -0.370 e. The summed E-state index contributed by atoms with van der Waals surface area (Å²) in [5.41, 5.74) is -7.08. The molecule has 0 spiro atoms. The first kappa shape index (κ1) is 41.6. The summed E-state index contributed by atoms with van der Waals surface area (Å²) < 4.78 is 305. The molecule has 0 aliphatic rings. The SMILES string of the molecule is CCO[Si](OCC)(OCC)C(F)(F)C(F)(F)C(F)(F)C(F)(F)C(F)(F)C(F)(F)C(F)(F)C(F)(F)C(F)(F)C(F)(F)C(C)F. The van der Waals surface area contributed by atoms with Gasteiger partial charge in [0.25, 0.3) is 0 Å². The lowest BCUT2D eigenvalue weighted by atomic mass is 9.86. The van der Waals surface area contributed by atoms with Gasteiger partial charge in [-0.3, -0.25) is 0 Å². The highest BCUT2D eigenvalue weighted by Crippen LogP contribution is 2.67. The number of rotatable bonds is 17. The summed E-state index contributed by atoms with van der Waals surface area (Å²) in [6.45, 7) is -2.69. The molecule has 0 radical (unpaired) electrons. The first-order valence-corrected chi connectivity index (χ1v) is 12.7. The van der Waals surface area contributed by atoms with Crippen molar-refractivity contribution in [1.29, 1.82) is 0 Å². The van der Waals surface area contributed by atoms with Crippen molar-refractivity contribution in [3.05, 3.63) is 0 Å². The van der Waals surface area contributed by atoms with E-state index in [1.54, 1.807) is 0 Å². The van der Waals surface area contributed by atoms with E-state index in [1.165, 1.54) is 0 Å². The average molecular weight is 710 g/mol. The van der Waals surface area contributed by atoms with Crippen molar-refractivity contribution in [3.63, 3.8) is 0 Å². The summed E-state index contributed by atoms with van der Waals surface area (Å²) in [6.07, 6.45) is -4.70. The molecule has 0 fully saturated rings. The average Bonchev–Trinajstić information content (AvgIpc) is 2.82. The standard InChI is InChI=1S/C18H19F21O3Si/c1-5-40-43(41-6-2,42-7-3)18(38,39)17(36,37)16(34,35)15(32,33)14(30,31)13(28,29)12(26,27)11(24,25)10(22,23)9(20,21)8(4)19/h8H,5-7H2,1-4H3. The largest absolute Gasteiger partial charge is 0.582 e. The third-order valence-corrected chi connectivity index (χ3v) is 8.55. The van der Waals surface area contributed by atoms with Crippen LogP contribution in [0.25, 0.3) is 0 Å². The van der Waals surface area contributed by atoms with Crippen LogP contribution >= 0.6 is 0 Å². The maximum atomic E-state index is 14.8. The Labute approximate surface area is 228 Å². The quantitative estimate of drug-likeness (QED) is 0.112. The zero-order chi connectivity index (χ0) is 35.3. The van der Waals surface area contributed by atoms with Crippen LogP contribution in [0.5, 0.6) is 0 Å². The lowest BCUT2D eigenvalue weighted by molar-refractivity contribution is -0.468. The third-order valence-electron chi connectivity index (χ3n) is 5.46. The minimum atomic E-state index is -9.20. The zero-order valence-corrected chi connectivity index (χ0v) is 22.4. The van der Waals surface area contributed by atoms with Gasteiger partial charge < -0.3 is 13.3 Å². The second-order valence-electron chi connectivity index (χ2n) is 8.26. The Morgan fingerprint density at radius 2 is 0.628 bits per heavy atom. The molecule has 0 saturated heterocycles. The first-order valence-electron chi connectivity index (χ1n) is 11.0. The molecule has 0 bridgehead atoms. The van der Waals surface area contributed by atoms with Crippen LogP contribution in [0.15, 0.2) is 0 Å². The van der Waals surface area contributed by atoms with E-state index < -0.39 is 101 Å². The fraction of sp³-hybridized carbons (Fsp3) is 1.00. The van der Waals surface area contributed by atoms with Crippen molar-refractivity contribution in [2.75, 3.05) is 19.8 Å². The smallest absolute Gasteiger partial charge is 0.370 e. The third kappa shape index (κ3) is 5.33. The Morgan fingerprint density at radius 1 is 0.419 bits per heavy atom. The van der Waals surface area contributed by atoms with Gasteiger partial charge in [-0.25, -0.2) is 4.39 Å². The Kier molecular flexibility index (Phi) is 11.4. The molecule has 43 heavy (non-hydrogen) atoms. The van der Waals surface area contributed by atoms with E-state index in [1.807, 2.05) is 0 Å². The zero-order valence-electron chi connectivity index (χ0n) is 21.4. The molecule has 0 N–H and O–H groups in total. The molecule has 1 atom stereocenters. The fourth-order valence-corrected chi connectivity index (χ4v) is 5.47. The Balaban J connectivity index is 7.44. The van der Waals surface area contributed by atoms with Crippen LogP contribution in [0, 0.1) is 0 Å². The summed E-state index contributed by atoms with van der Waals surface area (Å²) >= 11 is 0.